The van der Waals surface area contributed by atoms with Crippen molar-refractivity contribution in [2.24, 2.45) is 0 Å². The van der Waals surface area contributed by atoms with Crippen LogP contribution in [0.2, 0.25) is 0 Å². The molecule has 0 saturated carbocycles. The number of aryl methyl sites for hydroxylation is 1. The lowest BCUT2D eigenvalue weighted by Gasteiger charge is -2.36. The third-order valence-corrected chi connectivity index (χ3v) is 5.01. The van der Waals surface area contributed by atoms with E-state index >= 15 is 0 Å². The Bertz CT molecular complexity index is 701. The van der Waals surface area contributed by atoms with Crippen molar-refractivity contribution in [2.75, 3.05) is 20.3 Å². The zero-order chi connectivity index (χ0) is 22.5. The third kappa shape index (κ3) is 7.48. The topological polar surface area (TPSA) is 76.1 Å². The molecule has 0 heterocycles. The van der Waals surface area contributed by atoms with Gasteiger partial charge in [0.1, 0.15) is 11.9 Å². The van der Waals surface area contributed by atoms with E-state index < -0.39 is 5.97 Å². The summed E-state index contributed by atoms with van der Waals surface area (Å²) in [6, 6.07) is 7.48. The first-order chi connectivity index (χ1) is 14.5. The van der Waals surface area contributed by atoms with Crippen molar-refractivity contribution in [3.05, 3.63) is 41.5 Å². The zero-order valence-corrected chi connectivity index (χ0v) is 19.0. The van der Waals surface area contributed by atoms with Crippen LogP contribution in [0.25, 0.3) is 0 Å². The molecule has 1 N–H and O–H groups in total. The van der Waals surface area contributed by atoms with Gasteiger partial charge in [0.15, 0.2) is 0 Å². The molecule has 0 radical (unpaired) electrons. The van der Waals surface area contributed by atoms with E-state index in [1.807, 2.05) is 52.0 Å². The number of carbonyl (C=O) groups excluding carboxylic acids is 2. The van der Waals surface area contributed by atoms with Crippen LogP contribution in [0.1, 0.15) is 58.4 Å². The van der Waals surface area contributed by atoms with Gasteiger partial charge >= 0.3 is 5.97 Å². The maximum atomic E-state index is 12.7. The minimum Gasteiger partial charge on any atom is -0.486 e. The molecule has 0 saturated heterocycles. The molecule has 1 aliphatic carbocycles. The monoisotopic (exact) mass is 419 g/mol. The predicted octanol–water partition coefficient (Wildman–Crippen LogP) is 4.04. The molecule has 6 nitrogen and oxygen atoms in total. The number of aliphatic hydroxyl groups is 1. The lowest BCUT2D eigenvalue weighted by molar-refractivity contribution is -0.139. The Labute approximate surface area is 180 Å². The second-order valence-corrected chi connectivity index (χ2v) is 7.11. The highest BCUT2D eigenvalue weighted by atomic mass is 16.5. The predicted molar refractivity (Wildman–Crippen MR) is 118 cm³/mol. The van der Waals surface area contributed by atoms with Crippen LogP contribution in [0.15, 0.2) is 35.9 Å². The standard InChI is InChI=1S/C22H31NO5.C2H6/c1-4-5-10-21(25)23(11-12-24)18-13-17(22(26)27-3)14-19(15-18)28-20-9-7-6-8-16(20)2;1-2/h6-9,14,18-19,24H,4-5,10-13,15H2,1-3H3;1-2H3. The quantitative estimate of drug-likeness (QED) is 0.611. The van der Waals surface area contributed by atoms with E-state index in [0.717, 1.165) is 24.2 Å². The van der Waals surface area contributed by atoms with Gasteiger partial charge in [-0.1, -0.05) is 45.4 Å². The van der Waals surface area contributed by atoms with Crippen LogP contribution in [-0.2, 0) is 14.3 Å². The van der Waals surface area contributed by atoms with Crippen LogP contribution >= 0.6 is 0 Å². The third-order valence-electron chi connectivity index (χ3n) is 5.01. The molecule has 2 unspecified atom stereocenters. The average molecular weight is 420 g/mol. The fraction of sp³-hybridized carbons (Fsp3) is 0.583. The van der Waals surface area contributed by atoms with Gasteiger partial charge in [-0.25, -0.2) is 4.79 Å². The van der Waals surface area contributed by atoms with Crippen molar-refractivity contribution in [1.29, 1.82) is 0 Å². The number of hydrogen-bond donors (Lipinski definition) is 1. The number of carbonyl (C=O) groups is 2. The number of hydrogen-bond acceptors (Lipinski definition) is 5. The van der Waals surface area contributed by atoms with Gasteiger partial charge in [-0.2, -0.15) is 0 Å². The lowest BCUT2D eigenvalue weighted by atomic mass is 9.91. The summed E-state index contributed by atoms with van der Waals surface area (Å²) >= 11 is 0. The second kappa shape index (κ2) is 13.8. The van der Waals surface area contributed by atoms with Crippen LogP contribution in [0.3, 0.4) is 0 Å². The number of esters is 1. The Kier molecular flexibility index (Phi) is 11.8. The summed E-state index contributed by atoms with van der Waals surface area (Å²) < 4.78 is 11.1. The molecule has 1 aliphatic rings. The molecule has 2 rings (SSSR count). The van der Waals surface area contributed by atoms with Crippen molar-refractivity contribution in [3.8, 4) is 5.75 Å². The van der Waals surface area contributed by atoms with E-state index in [1.54, 1.807) is 11.0 Å². The summed E-state index contributed by atoms with van der Waals surface area (Å²) in [7, 11) is 1.35. The first-order valence-corrected chi connectivity index (χ1v) is 10.9. The van der Waals surface area contributed by atoms with Crippen LogP contribution in [0, 0.1) is 6.92 Å². The number of unbranched alkanes of at least 4 members (excludes halogenated alkanes) is 1. The van der Waals surface area contributed by atoms with Crippen LogP contribution < -0.4 is 4.74 Å². The number of para-hydroxylation sites is 1. The molecule has 168 valence electrons. The molecule has 1 amide bonds. The molecule has 0 fully saturated rings. The van der Waals surface area contributed by atoms with Gasteiger partial charge in [0, 0.05) is 31.0 Å². The van der Waals surface area contributed by atoms with Crippen molar-refractivity contribution >= 4 is 11.9 Å². The molecule has 1 aromatic carbocycles. The van der Waals surface area contributed by atoms with E-state index in [2.05, 4.69) is 0 Å². The molecule has 1 aromatic rings. The number of rotatable bonds is 9. The Morgan fingerprint density at radius 1 is 1.23 bits per heavy atom. The molecule has 30 heavy (non-hydrogen) atoms. The van der Waals surface area contributed by atoms with Crippen molar-refractivity contribution in [1.82, 2.24) is 4.90 Å². The van der Waals surface area contributed by atoms with Crippen LogP contribution in [0.5, 0.6) is 5.75 Å². The van der Waals surface area contributed by atoms with Gasteiger partial charge in [-0.15, -0.1) is 0 Å². The first kappa shape index (κ1) is 25.7. The van der Waals surface area contributed by atoms with Gasteiger partial charge in [0.05, 0.1) is 13.7 Å². The lowest BCUT2D eigenvalue weighted by Crippen LogP contribution is -2.46. The van der Waals surface area contributed by atoms with Crippen LogP contribution in [0.4, 0.5) is 0 Å². The van der Waals surface area contributed by atoms with Gasteiger partial charge in [0.2, 0.25) is 5.91 Å². The number of aliphatic hydroxyl groups excluding tert-OH is 1. The molecule has 0 spiro atoms. The van der Waals surface area contributed by atoms with Crippen LogP contribution in [-0.4, -0.2) is 54.3 Å². The molecular weight excluding hydrogens is 382 g/mol. The maximum absolute atomic E-state index is 12.7. The molecule has 0 bridgehead atoms. The fourth-order valence-corrected chi connectivity index (χ4v) is 3.51. The van der Waals surface area contributed by atoms with E-state index in [1.165, 1.54) is 7.11 Å². The van der Waals surface area contributed by atoms with E-state index in [-0.39, 0.29) is 31.2 Å². The van der Waals surface area contributed by atoms with Crippen molar-refractivity contribution in [3.63, 3.8) is 0 Å². The summed E-state index contributed by atoms with van der Waals surface area (Å²) in [6.07, 6.45) is 4.57. The summed E-state index contributed by atoms with van der Waals surface area (Å²) in [5.41, 5.74) is 1.51. The molecule has 6 heteroatoms. The normalized spacial score (nSPS) is 17.9. The number of methoxy groups -OCH3 is 1. The molecule has 0 aromatic heterocycles. The highest BCUT2D eigenvalue weighted by Gasteiger charge is 2.33. The smallest absolute Gasteiger partial charge is 0.333 e. The van der Waals surface area contributed by atoms with Gasteiger partial charge in [-0.05, 0) is 37.5 Å². The Morgan fingerprint density at radius 3 is 2.53 bits per heavy atom. The highest BCUT2D eigenvalue weighted by Crippen LogP contribution is 2.29. The minimum atomic E-state index is -0.409. The Balaban J connectivity index is 0.00000218. The maximum Gasteiger partial charge on any atom is 0.333 e. The number of nitrogens with zero attached hydrogens (tertiary/aromatic N) is 1. The van der Waals surface area contributed by atoms with E-state index in [9.17, 15) is 14.7 Å². The Morgan fingerprint density at radius 2 is 1.93 bits per heavy atom. The summed E-state index contributed by atoms with van der Waals surface area (Å²) in [5, 5.41) is 9.47. The number of amides is 1. The first-order valence-electron chi connectivity index (χ1n) is 10.9. The molecule has 2 atom stereocenters. The van der Waals surface area contributed by atoms with Gasteiger partial charge in [-0.3, -0.25) is 4.79 Å². The summed E-state index contributed by atoms with van der Waals surface area (Å²) in [5.74, 6) is 0.342. The highest BCUT2D eigenvalue weighted by molar-refractivity contribution is 5.89. The fourth-order valence-electron chi connectivity index (χ4n) is 3.51. The number of ether oxygens (including phenoxy) is 2. The summed E-state index contributed by atoms with van der Waals surface area (Å²) in [4.78, 5) is 26.6. The molecule has 0 aliphatic heterocycles. The van der Waals surface area contributed by atoms with Gasteiger partial charge in [0.25, 0.3) is 0 Å². The minimum absolute atomic E-state index is 0.00153. The zero-order valence-electron chi connectivity index (χ0n) is 19.0. The SMILES string of the molecule is CC.CCCCC(=O)N(CCO)C1CC(C(=O)OC)=CC(Oc2ccccc2C)C1. The Hall–Kier alpha value is -2.34. The van der Waals surface area contributed by atoms with Crippen molar-refractivity contribution in [2.45, 2.75) is 71.9 Å². The summed E-state index contributed by atoms with van der Waals surface area (Å²) in [6.45, 7) is 8.13. The molecular formula is C24H37NO5. The van der Waals surface area contributed by atoms with E-state index in [4.69, 9.17) is 9.47 Å². The van der Waals surface area contributed by atoms with Crippen molar-refractivity contribution < 1.29 is 24.2 Å². The number of benzene rings is 1. The van der Waals surface area contributed by atoms with Gasteiger partial charge < -0.3 is 19.5 Å². The average Bonchev–Trinajstić information content (AvgIpc) is 2.78. The van der Waals surface area contributed by atoms with E-state index in [0.29, 0.717) is 24.8 Å². The second-order valence-electron chi connectivity index (χ2n) is 7.11. The largest absolute Gasteiger partial charge is 0.486 e.